The largest absolute Gasteiger partial charge is 0.478 e. The molecule has 0 saturated heterocycles. The minimum absolute atomic E-state index is 0.342. The van der Waals surface area contributed by atoms with Gasteiger partial charge in [0.05, 0.1) is 127 Å². The second kappa shape index (κ2) is 27.1. The molecule has 0 radical (unpaired) electrons. The lowest BCUT2D eigenvalue weighted by Gasteiger charge is -2.18. The van der Waals surface area contributed by atoms with E-state index in [2.05, 4.69) is 18.9 Å². The van der Waals surface area contributed by atoms with Crippen LogP contribution < -0.4 is 0 Å². The molecule has 0 fully saturated rings. The highest BCUT2D eigenvalue weighted by Crippen LogP contribution is 2.34. The highest BCUT2D eigenvalue weighted by atomic mass is 16.5. The maximum absolute atomic E-state index is 12.3. The molecule has 0 aliphatic heterocycles. The second-order valence-electron chi connectivity index (χ2n) is 13.9. The number of ether oxygens (including phenoxy) is 4. The van der Waals surface area contributed by atoms with Crippen LogP contribution >= 0.6 is 0 Å². The number of carbonyl (C=O) groups is 18. The summed E-state index contributed by atoms with van der Waals surface area (Å²) in [7, 11) is 0. The second-order valence-corrected chi connectivity index (χ2v) is 13.9. The Kier molecular flexibility index (Phi) is 22.4. The van der Waals surface area contributed by atoms with Gasteiger partial charge in [0.25, 0.3) is 0 Å². The normalized spacial score (nSPS) is 10.1. The molecule has 80 heavy (non-hydrogen) atoms. The summed E-state index contributed by atoms with van der Waals surface area (Å²) in [6, 6.07) is 0. The van der Waals surface area contributed by atoms with E-state index in [0.717, 1.165) is 0 Å². The Morgan fingerprint density at radius 2 is 0.263 bits per heavy atom. The Labute approximate surface area is 438 Å². The summed E-state index contributed by atoms with van der Waals surface area (Å²) in [5.74, 6) is -36.6. The van der Waals surface area contributed by atoms with Gasteiger partial charge in [-0.15, -0.1) is 0 Å². The number of rotatable bonds is 22. The highest BCUT2D eigenvalue weighted by Gasteiger charge is 2.44. The first-order valence-electron chi connectivity index (χ1n) is 20.6. The third-order valence-electron chi connectivity index (χ3n) is 9.41. The van der Waals surface area contributed by atoms with E-state index in [-0.39, 0.29) is 26.4 Å². The van der Waals surface area contributed by atoms with Crippen molar-refractivity contribution in [3.8, 4) is 0 Å². The quantitative estimate of drug-likeness (QED) is 0.0501. The van der Waals surface area contributed by atoms with E-state index in [1.807, 2.05) is 0 Å². The maximum Gasteiger partial charge on any atom is 0.339 e. The zero-order valence-corrected chi connectivity index (χ0v) is 40.1. The Balaban J connectivity index is 0.000000601. The number of esters is 4. The molecule has 0 bridgehead atoms. The standard InChI is InChI=1S/C16H14O12.2C14H10O12/c1-3-27-15(25)9-7(13(21)22)5(11(17)18)6(12(19)20)8(14(23)24)10(9)16(26)28-4-2;2*1-2-26-14(25)8-6(12(21)22)4(10(17)18)3(9(15)16)5(11(19)20)7(8)13(23)24/h3-4H2,1-2H3,(H,17,18)(H,19,20)(H,21,22)(H,23,24);2*2H2,1H3,(H,15,16)(H,17,18)(H,19,20)(H,21,22)(H,23,24). The van der Waals surface area contributed by atoms with Gasteiger partial charge in [0.1, 0.15) is 0 Å². The topological polar surface area (TPSA) is 627 Å². The summed E-state index contributed by atoms with van der Waals surface area (Å²) in [4.78, 5) is 210. The van der Waals surface area contributed by atoms with Crippen LogP contribution in [0.25, 0.3) is 0 Å². The van der Waals surface area contributed by atoms with Crippen LogP contribution in [0.4, 0.5) is 0 Å². The van der Waals surface area contributed by atoms with Crippen LogP contribution in [-0.4, -0.2) is 205 Å². The number of aromatic carboxylic acids is 14. The summed E-state index contributed by atoms with van der Waals surface area (Å²) in [6.07, 6.45) is 0. The Bertz CT molecular complexity index is 2990. The van der Waals surface area contributed by atoms with Crippen molar-refractivity contribution in [2.24, 2.45) is 0 Å². The first-order chi connectivity index (χ1) is 36.9. The first kappa shape index (κ1) is 66.1. The van der Waals surface area contributed by atoms with Crippen molar-refractivity contribution in [3.05, 3.63) is 100 Å². The fourth-order valence-electron chi connectivity index (χ4n) is 6.87. The minimum Gasteiger partial charge on any atom is -0.478 e. The predicted octanol–water partition coefficient (Wildman–Crippen LogP) is 1.54. The number of carboxylic acids is 14. The highest BCUT2D eigenvalue weighted by molar-refractivity contribution is 6.26. The average molecular weight is 1140 g/mol. The van der Waals surface area contributed by atoms with Crippen molar-refractivity contribution in [2.75, 3.05) is 26.4 Å². The van der Waals surface area contributed by atoms with E-state index in [4.69, 9.17) is 10.2 Å². The summed E-state index contributed by atoms with van der Waals surface area (Å²) in [5, 5.41) is 130. The fourth-order valence-corrected chi connectivity index (χ4v) is 6.87. The van der Waals surface area contributed by atoms with Crippen molar-refractivity contribution >= 4 is 107 Å². The minimum atomic E-state index is -2.21. The smallest absolute Gasteiger partial charge is 0.339 e. The molecular formula is C44H34O36. The molecule has 0 spiro atoms. The lowest BCUT2D eigenvalue weighted by atomic mass is 9.86. The molecule has 3 rings (SSSR count). The van der Waals surface area contributed by atoms with Crippen molar-refractivity contribution in [2.45, 2.75) is 27.7 Å². The van der Waals surface area contributed by atoms with Crippen LogP contribution in [0.1, 0.15) is 214 Å². The lowest BCUT2D eigenvalue weighted by molar-refractivity contribution is 0.0465. The molecule has 0 saturated carbocycles. The van der Waals surface area contributed by atoms with Crippen molar-refractivity contribution in [1.29, 1.82) is 0 Å². The fraction of sp³-hybridized carbons (Fsp3) is 0.182. The molecule has 0 aromatic heterocycles. The van der Waals surface area contributed by atoms with Gasteiger partial charge in [-0.1, -0.05) is 0 Å². The number of carboxylic acid groups (broad SMARTS) is 14. The molecule has 36 heteroatoms. The molecule has 14 N–H and O–H groups in total. The number of carbonyl (C=O) groups excluding carboxylic acids is 4. The van der Waals surface area contributed by atoms with Gasteiger partial charge in [0.15, 0.2) is 0 Å². The third-order valence-corrected chi connectivity index (χ3v) is 9.41. The Hall–Kier alpha value is -11.9. The van der Waals surface area contributed by atoms with Crippen LogP contribution in [0.15, 0.2) is 0 Å². The molecule has 0 heterocycles. The first-order valence-corrected chi connectivity index (χ1v) is 20.6. The molecule has 0 atom stereocenters. The van der Waals surface area contributed by atoms with Gasteiger partial charge in [-0.05, 0) is 27.7 Å². The average Bonchev–Trinajstić information content (AvgIpc) is 3.33. The van der Waals surface area contributed by atoms with E-state index in [1.54, 1.807) is 0 Å². The van der Waals surface area contributed by atoms with Gasteiger partial charge in [-0.2, -0.15) is 0 Å². The van der Waals surface area contributed by atoms with Crippen LogP contribution in [0.3, 0.4) is 0 Å². The zero-order valence-electron chi connectivity index (χ0n) is 40.1. The Morgan fingerprint density at radius 3 is 0.338 bits per heavy atom. The molecule has 0 aliphatic carbocycles. The molecule has 3 aromatic rings. The van der Waals surface area contributed by atoms with E-state index in [1.165, 1.54) is 27.7 Å². The van der Waals surface area contributed by atoms with E-state index < -0.39 is 208 Å². The van der Waals surface area contributed by atoms with Crippen LogP contribution in [0.5, 0.6) is 0 Å². The molecule has 3 aromatic carbocycles. The number of benzene rings is 3. The molecule has 36 nitrogen and oxygen atoms in total. The SMILES string of the molecule is CCOC(=O)c1c(C(=O)O)c(C(=O)O)c(C(=O)O)c(C(=O)O)c1C(=O)O.CCOC(=O)c1c(C(=O)O)c(C(=O)O)c(C(=O)O)c(C(=O)O)c1C(=O)O.CCOC(=O)c1c(C(=O)O)c(C(=O)O)c(C(=O)O)c(C(=O)O)c1C(=O)OCC. The third kappa shape index (κ3) is 13.5. The summed E-state index contributed by atoms with van der Waals surface area (Å²) in [6.45, 7) is 3.69. The van der Waals surface area contributed by atoms with Crippen LogP contribution in [0.2, 0.25) is 0 Å². The van der Waals surface area contributed by atoms with Gasteiger partial charge in [0, 0.05) is 0 Å². The van der Waals surface area contributed by atoms with Gasteiger partial charge in [-0.25, -0.2) is 86.3 Å². The van der Waals surface area contributed by atoms with Gasteiger partial charge in [0.2, 0.25) is 0 Å². The van der Waals surface area contributed by atoms with E-state index in [0.29, 0.717) is 0 Å². The molecule has 0 aliphatic rings. The van der Waals surface area contributed by atoms with Crippen molar-refractivity contribution in [1.82, 2.24) is 0 Å². The molecular weight excluding hydrogens is 1100 g/mol. The van der Waals surface area contributed by atoms with Crippen molar-refractivity contribution in [3.63, 3.8) is 0 Å². The lowest BCUT2D eigenvalue weighted by Crippen LogP contribution is -2.29. The molecule has 426 valence electrons. The summed E-state index contributed by atoms with van der Waals surface area (Å²) < 4.78 is 18.2. The summed E-state index contributed by atoms with van der Waals surface area (Å²) in [5.41, 5.74) is -26.5. The van der Waals surface area contributed by atoms with Gasteiger partial charge in [-0.3, -0.25) is 0 Å². The Morgan fingerprint density at radius 1 is 0.188 bits per heavy atom. The monoisotopic (exact) mass is 1140 g/mol. The zero-order chi connectivity index (χ0) is 62.4. The van der Waals surface area contributed by atoms with Crippen LogP contribution in [-0.2, 0) is 18.9 Å². The molecule has 0 unspecified atom stereocenters. The molecule has 0 amide bonds. The number of hydrogen-bond acceptors (Lipinski definition) is 22. The van der Waals surface area contributed by atoms with Gasteiger partial charge >= 0.3 is 107 Å². The van der Waals surface area contributed by atoms with Crippen LogP contribution in [0, 0.1) is 0 Å². The number of hydrogen-bond donors (Lipinski definition) is 14. The predicted molar refractivity (Wildman–Crippen MR) is 241 cm³/mol. The van der Waals surface area contributed by atoms with E-state index >= 15 is 0 Å². The maximum atomic E-state index is 12.3. The van der Waals surface area contributed by atoms with E-state index in [9.17, 15) is 148 Å². The summed E-state index contributed by atoms with van der Waals surface area (Å²) >= 11 is 0. The van der Waals surface area contributed by atoms with Crippen molar-refractivity contribution < 1.29 is 177 Å². The van der Waals surface area contributed by atoms with Gasteiger partial charge < -0.3 is 90.4 Å².